The van der Waals surface area contributed by atoms with E-state index in [4.69, 9.17) is 5.73 Å². The van der Waals surface area contributed by atoms with Gasteiger partial charge >= 0.3 is 11.1 Å². The average molecular weight is 373 g/mol. The minimum Gasteiger partial charge on any atom is -0.369 e. The van der Waals surface area contributed by atoms with E-state index in [1.807, 2.05) is 0 Å². The SMILES string of the molecule is CCn1c(=O)c(=O)[nH]c2cc(C(=O)Nc3nc(CC(N)=O)cs3)ccc21. The van der Waals surface area contributed by atoms with Gasteiger partial charge in [0.25, 0.3) is 5.91 Å². The number of primary amides is 1. The van der Waals surface area contributed by atoms with Crippen molar-refractivity contribution in [1.29, 1.82) is 0 Å². The molecule has 0 unspecified atom stereocenters. The number of anilines is 1. The molecule has 2 heterocycles. The Balaban J connectivity index is 1.90. The highest BCUT2D eigenvalue weighted by molar-refractivity contribution is 7.14. The van der Waals surface area contributed by atoms with Gasteiger partial charge in [-0.25, -0.2) is 4.98 Å². The number of aromatic nitrogens is 3. The number of benzene rings is 1. The van der Waals surface area contributed by atoms with Crippen LogP contribution in [0.4, 0.5) is 5.13 Å². The van der Waals surface area contributed by atoms with Crippen molar-refractivity contribution in [2.75, 3.05) is 5.32 Å². The maximum atomic E-state index is 12.4. The van der Waals surface area contributed by atoms with Crippen molar-refractivity contribution in [3.05, 3.63) is 55.5 Å². The number of nitrogens with two attached hydrogens (primary N) is 1. The number of aryl methyl sites for hydroxylation is 1. The first-order valence-corrected chi connectivity index (χ1v) is 8.58. The summed E-state index contributed by atoms with van der Waals surface area (Å²) in [5, 5.41) is 4.60. The number of rotatable bonds is 5. The molecule has 0 atom stereocenters. The summed E-state index contributed by atoms with van der Waals surface area (Å²) in [6, 6.07) is 4.65. The number of amides is 2. The molecule has 9 nitrogen and oxygen atoms in total. The second-order valence-corrected chi connectivity index (χ2v) is 6.33. The van der Waals surface area contributed by atoms with Crippen molar-refractivity contribution in [2.24, 2.45) is 5.73 Å². The average Bonchev–Trinajstić information content (AvgIpc) is 3.01. The van der Waals surface area contributed by atoms with Crippen molar-refractivity contribution < 1.29 is 9.59 Å². The summed E-state index contributed by atoms with van der Waals surface area (Å²) in [6.45, 7) is 2.10. The minimum absolute atomic E-state index is 0.00186. The number of aromatic amines is 1. The second kappa shape index (κ2) is 6.92. The van der Waals surface area contributed by atoms with Gasteiger partial charge in [-0.3, -0.25) is 24.5 Å². The van der Waals surface area contributed by atoms with E-state index in [0.717, 1.165) is 0 Å². The molecule has 0 saturated carbocycles. The van der Waals surface area contributed by atoms with Gasteiger partial charge in [-0.15, -0.1) is 11.3 Å². The Hall–Kier alpha value is -3.27. The van der Waals surface area contributed by atoms with Crippen LogP contribution in [0.3, 0.4) is 0 Å². The highest BCUT2D eigenvalue weighted by atomic mass is 32.1. The quantitative estimate of drug-likeness (QED) is 0.557. The predicted molar refractivity (Wildman–Crippen MR) is 97.5 cm³/mol. The third-order valence-electron chi connectivity index (χ3n) is 3.68. The summed E-state index contributed by atoms with van der Waals surface area (Å²) < 4.78 is 1.34. The normalized spacial score (nSPS) is 10.8. The molecule has 0 saturated heterocycles. The van der Waals surface area contributed by atoms with Crippen molar-refractivity contribution in [3.8, 4) is 0 Å². The van der Waals surface area contributed by atoms with Crippen molar-refractivity contribution in [2.45, 2.75) is 19.9 Å². The molecule has 26 heavy (non-hydrogen) atoms. The Morgan fingerprint density at radius 1 is 1.35 bits per heavy atom. The Labute approximate surface area is 150 Å². The number of fused-ring (bicyclic) bond motifs is 1. The van der Waals surface area contributed by atoms with E-state index in [2.05, 4.69) is 15.3 Å². The molecule has 1 aromatic carbocycles. The molecule has 4 N–H and O–H groups in total. The van der Waals surface area contributed by atoms with Crippen LogP contribution < -0.4 is 22.2 Å². The summed E-state index contributed by atoms with van der Waals surface area (Å²) in [4.78, 5) is 53.5. The number of H-pyrrole nitrogens is 1. The van der Waals surface area contributed by atoms with Gasteiger partial charge in [-0.1, -0.05) is 0 Å². The Kier molecular flexibility index (Phi) is 4.67. The van der Waals surface area contributed by atoms with Crippen molar-refractivity contribution in [3.63, 3.8) is 0 Å². The van der Waals surface area contributed by atoms with E-state index >= 15 is 0 Å². The van der Waals surface area contributed by atoms with E-state index in [9.17, 15) is 19.2 Å². The number of carbonyl (C=O) groups excluding carboxylic acids is 2. The molecule has 0 bridgehead atoms. The van der Waals surface area contributed by atoms with Crippen LogP contribution in [0.2, 0.25) is 0 Å². The van der Waals surface area contributed by atoms with Gasteiger partial charge in [0.2, 0.25) is 5.91 Å². The zero-order chi connectivity index (χ0) is 18.8. The molecule has 0 radical (unpaired) electrons. The van der Waals surface area contributed by atoms with Crippen molar-refractivity contribution >= 4 is 39.3 Å². The maximum absolute atomic E-state index is 12.4. The lowest BCUT2D eigenvalue weighted by Gasteiger charge is -2.08. The molecule has 134 valence electrons. The number of hydrogen-bond donors (Lipinski definition) is 3. The highest BCUT2D eigenvalue weighted by Gasteiger charge is 2.13. The van der Waals surface area contributed by atoms with Crippen LogP contribution in [0, 0.1) is 0 Å². The highest BCUT2D eigenvalue weighted by Crippen LogP contribution is 2.18. The molecular formula is C16H15N5O4S. The zero-order valence-electron chi connectivity index (χ0n) is 13.7. The number of hydrogen-bond acceptors (Lipinski definition) is 6. The Morgan fingerprint density at radius 3 is 2.81 bits per heavy atom. The Bertz CT molecular complexity index is 1130. The van der Waals surface area contributed by atoms with Gasteiger partial charge in [0.1, 0.15) is 0 Å². The van der Waals surface area contributed by atoms with Crippen LogP contribution in [-0.4, -0.2) is 26.3 Å². The Morgan fingerprint density at radius 2 is 2.12 bits per heavy atom. The monoisotopic (exact) mass is 373 g/mol. The molecule has 0 aliphatic rings. The molecule has 0 aliphatic carbocycles. The van der Waals surface area contributed by atoms with Crippen LogP contribution in [-0.2, 0) is 17.8 Å². The van der Waals surface area contributed by atoms with Crippen LogP contribution in [0.1, 0.15) is 23.0 Å². The number of nitrogens with one attached hydrogen (secondary N) is 2. The lowest BCUT2D eigenvalue weighted by molar-refractivity contribution is -0.117. The number of carbonyl (C=O) groups is 2. The largest absolute Gasteiger partial charge is 0.369 e. The topological polar surface area (TPSA) is 140 Å². The van der Waals surface area contributed by atoms with Crippen LogP contribution in [0.5, 0.6) is 0 Å². The van der Waals surface area contributed by atoms with Gasteiger partial charge in [-0.2, -0.15) is 0 Å². The molecule has 0 aliphatic heterocycles. The summed E-state index contributed by atoms with van der Waals surface area (Å²) in [6.07, 6.45) is -0.00186. The molecule has 0 spiro atoms. The summed E-state index contributed by atoms with van der Waals surface area (Å²) in [5.74, 6) is -0.935. The van der Waals surface area contributed by atoms with Gasteiger partial charge in [-0.05, 0) is 25.1 Å². The predicted octanol–water partition coefficient (Wildman–Crippen LogP) is 0.446. The minimum atomic E-state index is -0.743. The van der Waals surface area contributed by atoms with Gasteiger partial charge in [0.05, 0.1) is 23.1 Å². The number of thiazole rings is 1. The fraction of sp³-hybridized carbons (Fsp3) is 0.188. The summed E-state index contributed by atoms with van der Waals surface area (Å²) in [5.41, 5.74) is 5.42. The second-order valence-electron chi connectivity index (χ2n) is 5.48. The zero-order valence-corrected chi connectivity index (χ0v) is 14.6. The fourth-order valence-corrected chi connectivity index (χ4v) is 3.23. The first-order valence-electron chi connectivity index (χ1n) is 7.70. The summed E-state index contributed by atoms with van der Waals surface area (Å²) >= 11 is 1.17. The first-order chi connectivity index (χ1) is 12.4. The van der Waals surface area contributed by atoms with E-state index in [-0.39, 0.29) is 6.42 Å². The molecule has 2 amide bonds. The van der Waals surface area contributed by atoms with Crippen molar-refractivity contribution in [1.82, 2.24) is 14.5 Å². The van der Waals surface area contributed by atoms with Gasteiger partial charge < -0.3 is 15.3 Å². The van der Waals surface area contributed by atoms with E-state index in [0.29, 0.717) is 34.0 Å². The van der Waals surface area contributed by atoms with Gasteiger partial charge in [0.15, 0.2) is 5.13 Å². The lowest BCUT2D eigenvalue weighted by atomic mass is 10.1. The molecule has 3 rings (SSSR count). The summed E-state index contributed by atoms with van der Waals surface area (Å²) in [7, 11) is 0. The van der Waals surface area contributed by atoms with E-state index in [1.54, 1.807) is 24.4 Å². The molecule has 3 aromatic rings. The maximum Gasteiger partial charge on any atom is 0.316 e. The molecule has 10 heteroatoms. The molecule has 0 fully saturated rings. The molecular weight excluding hydrogens is 358 g/mol. The van der Waals surface area contributed by atoms with E-state index < -0.39 is 22.9 Å². The number of nitrogens with zero attached hydrogens (tertiary/aromatic N) is 2. The smallest absolute Gasteiger partial charge is 0.316 e. The third kappa shape index (κ3) is 3.40. The van der Waals surface area contributed by atoms with Crippen LogP contribution in [0.15, 0.2) is 33.2 Å². The lowest BCUT2D eigenvalue weighted by Crippen LogP contribution is -2.36. The third-order valence-corrected chi connectivity index (χ3v) is 4.49. The standard InChI is InChI=1S/C16H15N5O4S/c1-2-21-11-4-3-8(5-10(11)19-14(24)15(21)25)13(23)20-16-18-9(7-26-16)6-12(17)22/h3-5,7H,2,6H2,1H3,(H2,17,22)(H,19,24)(H,18,20,23). The van der Waals surface area contributed by atoms with Crippen LogP contribution in [0.25, 0.3) is 11.0 Å². The van der Waals surface area contributed by atoms with E-state index in [1.165, 1.54) is 22.0 Å². The molecule has 2 aromatic heterocycles. The van der Waals surface area contributed by atoms with Gasteiger partial charge in [0, 0.05) is 17.5 Å². The van der Waals surface area contributed by atoms with Crippen LogP contribution >= 0.6 is 11.3 Å². The fourth-order valence-electron chi connectivity index (χ4n) is 2.53. The first kappa shape index (κ1) is 17.5.